The summed E-state index contributed by atoms with van der Waals surface area (Å²) in [6, 6.07) is 45.4. The van der Waals surface area contributed by atoms with Gasteiger partial charge in [0, 0.05) is 48.7 Å². The summed E-state index contributed by atoms with van der Waals surface area (Å²) in [5.74, 6) is 0.947. The quantitative estimate of drug-likeness (QED) is 0.222. The van der Waals surface area contributed by atoms with Crippen LogP contribution in [0.1, 0.15) is 5.56 Å². The Hall–Kier alpha value is -5.19. The molecule has 1 aliphatic heterocycles. The molecule has 0 bridgehead atoms. The number of rotatable bonds is 3. The SMILES string of the molecule is C1=CN(c2ccc(-n3c(-c4ccccc4)nc4ccccc43)cc2)c2cccc3cc4sc5ccccc5c4c1c23. The first-order valence-electron chi connectivity index (χ1n) is 13.8. The van der Waals surface area contributed by atoms with Gasteiger partial charge in [-0.25, -0.2) is 4.98 Å². The number of fused-ring (bicyclic) bond motifs is 5. The third-order valence-corrected chi connectivity index (χ3v) is 9.27. The number of para-hydroxylation sites is 2. The van der Waals surface area contributed by atoms with Crippen molar-refractivity contribution in [2.75, 3.05) is 4.90 Å². The van der Waals surface area contributed by atoms with Crippen LogP contribution in [0.4, 0.5) is 11.4 Å². The Bertz CT molecular complexity index is 2310. The minimum absolute atomic E-state index is 0.947. The van der Waals surface area contributed by atoms with Crippen molar-refractivity contribution < 1.29 is 0 Å². The zero-order valence-electron chi connectivity index (χ0n) is 22.0. The second-order valence-corrected chi connectivity index (χ2v) is 11.5. The molecule has 9 rings (SSSR count). The van der Waals surface area contributed by atoms with E-state index in [1.54, 1.807) is 0 Å². The third kappa shape index (κ3) is 3.35. The van der Waals surface area contributed by atoms with Gasteiger partial charge in [0.15, 0.2) is 0 Å². The summed E-state index contributed by atoms with van der Waals surface area (Å²) in [6.07, 6.45) is 4.52. The van der Waals surface area contributed by atoms with Gasteiger partial charge in [-0.3, -0.25) is 4.57 Å². The first kappa shape index (κ1) is 22.6. The maximum atomic E-state index is 5.01. The molecule has 3 heterocycles. The fraction of sp³-hybridized carbons (Fsp3) is 0. The number of nitrogens with zero attached hydrogens (tertiary/aromatic N) is 3. The Morgan fingerprint density at radius 3 is 2.29 bits per heavy atom. The number of hydrogen-bond acceptors (Lipinski definition) is 3. The minimum atomic E-state index is 0.947. The van der Waals surface area contributed by atoms with Crippen LogP contribution in [0.2, 0.25) is 0 Å². The predicted octanol–water partition coefficient (Wildman–Crippen LogP) is 10.3. The number of anilines is 2. The Morgan fingerprint density at radius 2 is 1.39 bits per heavy atom. The molecule has 3 nitrogen and oxygen atoms in total. The fourth-order valence-corrected chi connectivity index (χ4v) is 7.51. The van der Waals surface area contributed by atoms with Gasteiger partial charge in [-0.15, -0.1) is 11.3 Å². The highest BCUT2D eigenvalue weighted by atomic mass is 32.1. The van der Waals surface area contributed by atoms with Gasteiger partial charge < -0.3 is 4.90 Å². The maximum Gasteiger partial charge on any atom is 0.145 e. The van der Waals surface area contributed by atoms with Crippen LogP contribution in [0.25, 0.3) is 65.1 Å². The summed E-state index contributed by atoms with van der Waals surface area (Å²) in [4.78, 5) is 7.32. The molecule has 41 heavy (non-hydrogen) atoms. The minimum Gasteiger partial charge on any atom is -0.317 e. The highest BCUT2D eigenvalue weighted by molar-refractivity contribution is 7.26. The van der Waals surface area contributed by atoms with E-state index in [9.17, 15) is 0 Å². The molecule has 0 radical (unpaired) electrons. The summed E-state index contributed by atoms with van der Waals surface area (Å²) < 4.78 is 4.94. The highest BCUT2D eigenvalue weighted by Gasteiger charge is 2.21. The second kappa shape index (κ2) is 8.65. The van der Waals surface area contributed by atoms with E-state index in [0.29, 0.717) is 0 Å². The van der Waals surface area contributed by atoms with Gasteiger partial charge in [-0.05, 0) is 71.6 Å². The normalized spacial score (nSPS) is 12.7. The van der Waals surface area contributed by atoms with E-state index in [2.05, 4.69) is 137 Å². The van der Waals surface area contributed by atoms with Crippen molar-refractivity contribution in [2.24, 2.45) is 0 Å². The van der Waals surface area contributed by atoms with Crippen LogP contribution in [0.3, 0.4) is 0 Å². The van der Waals surface area contributed by atoms with Crippen molar-refractivity contribution >= 4 is 70.8 Å². The Balaban J connectivity index is 1.19. The molecule has 1 aliphatic rings. The van der Waals surface area contributed by atoms with Crippen LogP contribution in [0, 0.1) is 0 Å². The van der Waals surface area contributed by atoms with E-state index in [1.807, 2.05) is 23.5 Å². The van der Waals surface area contributed by atoms with Crippen molar-refractivity contribution in [2.45, 2.75) is 0 Å². The van der Waals surface area contributed by atoms with Crippen LogP contribution in [0.15, 0.2) is 134 Å². The molecular formula is C37H23N3S. The molecule has 6 aromatic carbocycles. The Labute approximate surface area is 240 Å². The Kier molecular flexibility index (Phi) is 4.77. The average Bonchev–Trinajstić information content (AvgIpc) is 3.61. The molecule has 4 heteroatoms. The number of imidazole rings is 1. The molecule has 0 atom stereocenters. The van der Waals surface area contributed by atoms with E-state index in [1.165, 1.54) is 42.2 Å². The zero-order valence-corrected chi connectivity index (χ0v) is 22.8. The van der Waals surface area contributed by atoms with Gasteiger partial charge >= 0.3 is 0 Å². The van der Waals surface area contributed by atoms with Crippen molar-refractivity contribution in [1.29, 1.82) is 0 Å². The van der Waals surface area contributed by atoms with Crippen molar-refractivity contribution in [1.82, 2.24) is 9.55 Å². The predicted molar refractivity (Wildman–Crippen MR) is 175 cm³/mol. The monoisotopic (exact) mass is 541 g/mol. The lowest BCUT2D eigenvalue weighted by Crippen LogP contribution is -2.12. The second-order valence-electron chi connectivity index (χ2n) is 10.5. The molecule has 192 valence electrons. The highest BCUT2D eigenvalue weighted by Crippen LogP contribution is 2.46. The van der Waals surface area contributed by atoms with E-state index in [0.717, 1.165) is 33.8 Å². The maximum absolute atomic E-state index is 5.01. The molecule has 0 N–H and O–H groups in total. The van der Waals surface area contributed by atoms with Crippen LogP contribution < -0.4 is 4.90 Å². The smallest absolute Gasteiger partial charge is 0.145 e. The molecule has 2 aromatic heterocycles. The first-order valence-corrected chi connectivity index (χ1v) is 14.6. The third-order valence-electron chi connectivity index (χ3n) is 8.15. The van der Waals surface area contributed by atoms with Crippen molar-refractivity contribution in [3.63, 3.8) is 0 Å². The lowest BCUT2D eigenvalue weighted by atomic mass is 9.95. The largest absolute Gasteiger partial charge is 0.317 e. The number of aromatic nitrogens is 2. The van der Waals surface area contributed by atoms with Crippen LogP contribution in [0.5, 0.6) is 0 Å². The average molecular weight is 542 g/mol. The molecule has 0 fully saturated rings. The first-order chi connectivity index (χ1) is 20.3. The van der Waals surface area contributed by atoms with E-state index < -0.39 is 0 Å². The molecule has 8 aromatic rings. The topological polar surface area (TPSA) is 21.1 Å². The lowest BCUT2D eigenvalue weighted by molar-refractivity contribution is 1.10. The molecular weight excluding hydrogens is 518 g/mol. The molecule has 0 amide bonds. The van der Waals surface area contributed by atoms with Crippen molar-refractivity contribution in [3.05, 3.63) is 139 Å². The van der Waals surface area contributed by atoms with Crippen LogP contribution >= 0.6 is 11.3 Å². The zero-order chi connectivity index (χ0) is 26.9. The number of hydrogen-bond donors (Lipinski definition) is 0. The molecule has 0 unspecified atom stereocenters. The lowest BCUT2D eigenvalue weighted by Gasteiger charge is -2.27. The number of benzene rings is 6. The molecule has 0 aliphatic carbocycles. The van der Waals surface area contributed by atoms with Gasteiger partial charge in [0.2, 0.25) is 0 Å². The van der Waals surface area contributed by atoms with E-state index in [4.69, 9.17) is 4.98 Å². The molecule has 0 saturated heterocycles. The van der Waals surface area contributed by atoms with Crippen molar-refractivity contribution in [3.8, 4) is 17.1 Å². The van der Waals surface area contributed by atoms with Gasteiger partial charge in [-0.1, -0.05) is 72.8 Å². The van der Waals surface area contributed by atoms with Crippen LogP contribution in [-0.4, -0.2) is 9.55 Å². The Morgan fingerprint density at radius 1 is 0.610 bits per heavy atom. The summed E-state index contributed by atoms with van der Waals surface area (Å²) >= 11 is 1.88. The number of thiophene rings is 1. The standard InChI is InChI=1S/C37H23N3S/c1-2-9-24(10-3-1)37-38-30-13-5-6-14-31(30)40(37)27-19-17-26(18-20-27)39-22-21-29-35-25(11-8-15-32(35)39)23-34-36(29)28-12-4-7-16-33(28)41-34/h1-23H. The van der Waals surface area contributed by atoms with Gasteiger partial charge in [-0.2, -0.15) is 0 Å². The summed E-state index contributed by atoms with van der Waals surface area (Å²) in [5, 5.41) is 5.28. The molecule has 0 saturated carbocycles. The van der Waals surface area contributed by atoms with Crippen LogP contribution in [-0.2, 0) is 0 Å². The summed E-state index contributed by atoms with van der Waals surface area (Å²) in [6.45, 7) is 0. The van der Waals surface area contributed by atoms with Gasteiger partial charge in [0.05, 0.1) is 16.7 Å². The van der Waals surface area contributed by atoms with E-state index in [-0.39, 0.29) is 0 Å². The van der Waals surface area contributed by atoms with E-state index >= 15 is 0 Å². The fourth-order valence-electron chi connectivity index (χ4n) is 6.33. The van der Waals surface area contributed by atoms with Gasteiger partial charge in [0.25, 0.3) is 0 Å². The molecule has 0 spiro atoms. The summed E-state index contributed by atoms with van der Waals surface area (Å²) in [7, 11) is 0. The van der Waals surface area contributed by atoms with Gasteiger partial charge in [0.1, 0.15) is 5.82 Å². The summed E-state index contributed by atoms with van der Waals surface area (Å²) in [5.41, 5.74) is 7.94.